The van der Waals surface area contributed by atoms with Crippen LogP contribution < -0.4 is 4.90 Å². The SMILES string of the molecule is CCCN(CC1CC1)c1ncccc1C#N. The highest BCUT2D eigenvalue weighted by molar-refractivity contribution is 5.53. The molecule has 0 unspecified atom stereocenters. The summed E-state index contributed by atoms with van der Waals surface area (Å²) in [5, 5.41) is 9.07. The molecule has 1 aliphatic rings. The smallest absolute Gasteiger partial charge is 0.146 e. The van der Waals surface area contributed by atoms with Crippen molar-refractivity contribution in [3.63, 3.8) is 0 Å². The number of rotatable bonds is 5. The molecule has 1 fully saturated rings. The number of nitrogens with zero attached hydrogens (tertiary/aromatic N) is 3. The van der Waals surface area contributed by atoms with E-state index in [9.17, 15) is 0 Å². The molecule has 0 aliphatic heterocycles. The van der Waals surface area contributed by atoms with Crippen LogP contribution in [0, 0.1) is 17.2 Å². The first-order chi connectivity index (χ1) is 7.85. The molecular formula is C13H17N3. The molecule has 0 N–H and O–H groups in total. The summed E-state index contributed by atoms with van der Waals surface area (Å²) in [6, 6.07) is 5.89. The summed E-state index contributed by atoms with van der Waals surface area (Å²) >= 11 is 0. The Morgan fingerprint density at radius 1 is 1.56 bits per heavy atom. The van der Waals surface area contributed by atoms with Gasteiger partial charge in [0.2, 0.25) is 0 Å². The molecule has 1 saturated carbocycles. The Morgan fingerprint density at radius 3 is 3.00 bits per heavy atom. The number of hydrogen-bond donors (Lipinski definition) is 0. The van der Waals surface area contributed by atoms with E-state index >= 15 is 0 Å². The molecule has 16 heavy (non-hydrogen) atoms. The van der Waals surface area contributed by atoms with E-state index in [0.717, 1.165) is 31.2 Å². The molecule has 0 bridgehead atoms. The maximum Gasteiger partial charge on any atom is 0.146 e. The molecule has 0 aromatic carbocycles. The standard InChI is InChI=1S/C13H17N3/c1-2-8-16(10-11-5-6-11)13-12(9-14)4-3-7-15-13/h3-4,7,11H,2,5-6,8,10H2,1H3. The fourth-order valence-corrected chi connectivity index (χ4v) is 1.90. The van der Waals surface area contributed by atoms with Crippen LogP contribution in [0.25, 0.3) is 0 Å². The minimum absolute atomic E-state index is 0.691. The Kier molecular flexibility index (Phi) is 3.40. The monoisotopic (exact) mass is 215 g/mol. The highest BCUT2D eigenvalue weighted by Gasteiger charge is 2.25. The molecule has 0 radical (unpaired) electrons. The third-order valence-electron chi connectivity index (χ3n) is 2.88. The summed E-state index contributed by atoms with van der Waals surface area (Å²) in [5.74, 6) is 1.68. The molecule has 0 atom stereocenters. The molecule has 0 saturated heterocycles. The predicted molar refractivity (Wildman–Crippen MR) is 64.2 cm³/mol. The summed E-state index contributed by atoms with van der Waals surface area (Å²) in [6.45, 7) is 4.20. The molecular weight excluding hydrogens is 198 g/mol. The van der Waals surface area contributed by atoms with Gasteiger partial charge in [-0.15, -0.1) is 0 Å². The van der Waals surface area contributed by atoms with Crippen molar-refractivity contribution in [2.75, 3.05) is 18.0 Å². The van der Waals surface area contributed by atoms with Gasteiger partial charge in [0.1, 0.15) is 11.9 Å². The van der Waals surface area contributed by atoms with E-state index in [1.807, 2.05) is 12.1 Å². The van der Waals surface area contributed by atoms with Gasteiger partial charge >= 0.3 is 0 Å². The highest BCUT2D eigenvalue weighted by atomic mass is 15.2. The Labute approximate surface area is 96.7 Å². The minimum Gasteiger partial charge on any atom is -0.355 e. The van der Waals surface area contributed by atoms with Gasteiger partial charge in [0.15, 0.2) is 0 Å². The fraction of sp³-hybridized carbons (Fsp3) is 0.538. The average Bonchev–Trinajstić information content (AvgIpc) is 3.12. The number of aromatic nitrogens is 1. The predicted octanol–water partition coefficient (Wildman–Crippen LogP) is 2.58. The molecule has 2 rings (SSSR count). The van der Waals surface area contributed by atoms with E-state index in [2.05, 4.69) is 22.9 Å². The van der Waals surface area contributed by atoms with E-state index in [-0.39, 0.29) is 0 Å². The molecule has 1 aromatic heterocycles. The topological polar surface area (TPSA) is 39.9 Å². The summed E-state index contributed by atoms with van der Waals surface area (Å²) in [7, 11) is 0. The number of hydrogen-bond acceptors (Lipinski definition) is 3. The minimum atomic E-state index is 0.691. The molecule has 84 valence electrons. The van der Waals surface area contributed by atoms with Gasteiger partial charge < -0.3 is 4.90 Å². The van der Waals surface area contributed by atoms with Crippen molar-refractivity contribution in [3.05, 3.63) is 23.9 Å². The number of nitriles is 1. The summed E-state index contributed by atoms with van der Waals surface area (Å²) < 4.78 is 0. The molecule has 0 spiro atoms. The second-order valence-corrected chi connectivity index (χ2v) is 4.38. The van der Waals surface area contributed by atoms with E-state index in [0.29, 0.717) is 5.56 Å². The Bertz CT molecular complexity index is 390. The van der Waals surface area contributed by atoms with Crippen LogP contribution in [-0.4, -0.2) is 18.1 Å². The Balaban J connectivity index is 2.19. The Morgan fingerprint density at radius 2 is 2.38 bits per heavy atom. The first-order valence-electron chi connectivity index (χ1n) is 5.95. The molecule has 3 nitrogen and oxygen atoms in total. The summed E-state index contributed by atoms with van der Waals surface area (Å²) in [6.07, 6.45) is 5.52. The zero-order valence-corrected chi connectivity index (χ0v) is 9.69. The average molecular weight is 215 g/mol. The van der Waals surface area contributed by atoms with Crippen molar-refractivity contribution in [2.45, 2.75) is 26.2 Å². The molecule has 1 heterocycles. The first-order valence-corrected chi connectivity index (χ1v) is 5.95. The second-order valence-electron chi connectivity index (χ2n) is 4.38. The van der Waals surface area contributed by atoms with Crippen LogP contribution in [0.2, 0.25) is 0 Å². The van der Waals surface area contributed by atoms with E-state index in [4.69, 9.17) is 5.26 Å². The van der Waals surface area contributed by atoms with Crippen LogP contribution in [-0.2, 0) is 0 Å². The van der Waals surface area contributed by atoms with E-state index in [1.54, 1.807) is 6.20 Å². The zero-order valence-electron chi connectivity index (χ0n) is 9.69. The third-order valence-corrected chi connectivity index (χ3v) is 2.88. The summed E-state index contributed by atoms with van der Waals surface area (Å²) in [5.41, 5.74) is 0.691. The van der Waals surface area contributed by atoms with Gasteiger partial charge in [-0.1, -0.05) is 6.92 Å². The van der Waals surface area contributed by atoms with Crippen molar-refractivity contribution in [3.8, 4) is 6.07 Å². The van der Waals surface area contributed by atoms with Crippen LogP contribution in [0.4, 0.5) is 5.82 Å². The molecule has 0 amide bonds. The zero-order chi connectivity index (χ0) is 11.4. The van der Waals surface area contributed by atoms with Gasteiger partial charge in [-0.25, -0.2) is 4.98 Å². The normalized spacial score (nSPS) is 14.5. The lowest BCUT2D eigenvalue weighted by atomic mass is 10.2. The lowest BCUT2D eigenvalue weighted by Gasteiger charge is -2.23. The van der Waals surface area contributed by atoms with Gasteiger partial charge in [0.05, 0.1) is 5.56 Å². The van der Waals surface area contributed by atoms with Crippen LogP contribution in [0.3, 0.4) is 0 Å². The van der Waals surface area contributed by atoms with Crippen LogP contribution in [0.1, 0.15) is 31.7 Å². The van der Waals surface area contributed by atoms with Crippen LogP contribution in [0.5, 0.6) is 0 Å². The van der Waals surface area contributed by atoms with Crippen molar-refractivity contribution in [2.24, 2.45) is 5.92 Å². The maximum absolute atomic E-state index is 9.07. The van der Waals surface area contributed by atoms with Gasteiger partial charge in [0.25, 0.3) is 0 Å². The van der Waals surface area contributed by atoms with Gasteiger partial charge in [-0.2, -0.15) is 5.26 Å². The van der Waals surface area contributed by atoms with Crippen LogP contribution >= 0.6 is 0 Å². The highest BCUT2D eigenvalue weighted by Crippen LogP contribution is 2.31. The molecule has 1 aromatic rings. The number of pyridine rings is 1. The van der Waals surface area contributed by atoms with E-state index < -0.39 is 0 Å². The largest absolute Gasteiger partial charge is 0.355 e. The van der Waals surface area contributed by atoms with Crippen molar-refractivity contribution in [1.82, 2.24) is 4.98 Å². The first kappa shape index (κ1) is 10.9. The lowest BCUT2D eigenvalue weighted by Crippen LogP contribution is -2.28. The van der Waals surface area contributed by atoms with Crippen LogP contribution in [0.15, 0.2) is 18.3 Å². The van der Waals surface area contributed by atoms with Crippen molar-refractivity contribution in [1.29, 1.82) is 5.26 Å². The fourth-order valence-electron chi connectivity index (χ4n) is 1.90. The third kappa shape index (κ3) is 2.52. The van der Waals surface area contributed by atoms with Crippen molar-refractivity contribution >= 4 is 5.82 Å². The molecule has 3 heteroatoms. The van der Waals surface area contributed by atoms with Gasteiger partial charge in [0, 0.05) is 19.3 Å². The second kappa shape index (κ2) is 4.98. The maximum atomic E-state index is 9.07. The quantitative estimate of drug-likeness (QED) is 0.758. The van der Waals surface area contributed by atoms with Gasteiger partial charge in [-0.05, 0) is 37.3 Å². The van der Waals surface area contributed by atoms with Crippen molar-refractivity contribution < 1.29 is 0 Å². The summed E-state index contributed by atoms with van der Waals surface area (Å²) in [4.78, 5) is 6.61. The van der Waals surface area contributed by atoms with E-state index in [1.165, 1.54) is 12.8 Å². The number of anilines is 1. The Hall–Kier alpha value is -1.56. The van der Waals surface area contributed by atoms with Gasteiger partial charge in [-0.3, -0.25) is 0 Å². The molecule has 1 aliphatic carbocycles. The lowest BCUT2D eigenvalue weighted by molar-refractivity contribution is 0.698.